The standard InChI is InChI=1S/C17H16N6O5S/c24-17(22-13-5-1-3-7-18-13)28-10-9-27-15-11-14(20-12-21-15)23-29(25,26)16-6-2-4-8-19-16/h1-8,11-12H,9-10H2,(H,18,22,24)(H,20,21,23). The average molecular weight is 416 g/mol. The van der Waals surface area contributed by atoms with Crippen molar-refractivity contribution < 1.29 is 22.7 Å². The predicted octanol–water partition coefficient (Wildman–Crippen LogP) is 1.69. The zero-order valence-corrected chi connectivity index (χ0v) is 15.7. The van der Waals surface area contributed by atoms with Crippen molar-refractivity contribution in [3.63, 3.8) is 0 Å². The summed E-state index contributed by atoms with van der Waals surface area (Å²) in [6, 6.07) is 10.9. The number of hydrogen-bond donors (Lipinski definition) is 2. The van der Waals surface area contributed by atoms with Gasteiger partial charge in [-0.3, -0.25) is 10.0 Å². The van der Waals surface area contributed by atoms with Gasteiger partial charge in [0.15, 0.2) is 5.03 Å². The number of hydrogen-bond acceptors (Lipinski definition) is 9. The van der Waals surface area contributed by atoms with Gasteiger partial charge >= 0.3 is 6.09 Å². The predicted molar refractivity (Wildman–Crippen MR) is 102 cm³/mol. The molecular formula is C17H16N6O5S. The highest BCUT2D eigenvalue weighted by molar-refractivity contribution is 7.92. The Balaban J connectivity index is 1.48. The molecule has 3 heterocycles. The number of carbonyl (C=O) groups is 1. The lowest BCUT2D eigenvalue weighted by Crippen LogP contribution is -2.18. The summed E-state index contributed by atoms with van der Waals surface area (Å²) in [6.07, 6.45) is 3.36. The lowest BCUT2D eigenvalue weighted by Gasteiger charge is -2.09. The third kappa shape index (κ3) is 6.10. The van der Waals surface area contributed by atoms with Crippen molar-refractivity contribution in [2.75, 3.05) is 23.3 Å². The second-order valence-corrected chi connectivity index (χ2v) is 6.97. The first-order valence-corrected chi connectivity index (χ1v) is 9.75. The van der Waals surface area contributed by atoms with Crippen molar-refractivity contribution in [2.24, 2.45) is 0 Å². The van der Waals surface area contributed by atoms with Crippen molar-refractivity contribution in [1.29, 1.82) is 0 Å². The van der Waals surface area contributed by atoms with Crippen LogP contribution in [0.5, 0.6) is 5.88 Å². The number of pyridine rings is 2. The van der Waals surface area contributed by atoms with E-state index in [1.807, 2.05) is 0 Å². The second-order valence-electron chi connectivity index (χ2n) is 5.34. The average Bonchev–Trinajstić information content (AvgIpc) is 2.73. The zero-order valence-electron chi connectivity index (χ0n) is 14.9. The van der Waals surface area contributed by atoms with Gasteiger partial charge in [-0.25, -0.2) is 24.7 Å². The Morgan fingerprint density at radius 1 is 0.931 bits per heavy atom. The van der Waals surface area contributed by atoms with E-state index in [4.69, 9.17) is 9.47 Å². The molecule has 3 rings (SSSR count). The Bertz CT molecular complexity index is 1050. The van der Waals surface area contributed by atoms with Crippen molar-refractivity contribution in [1.82, 2.24) is 19.9 Å². The summed E-state index contributed by atoms with van der Waals surface area (Å²) < 4.78 is 37.1. The van der Waals surface area contributed by atoms with E-state index in [1.54, 1.807) is 30.3 Å². The summed E-state index contributed by atoms with van der Waals surface area (Å²) in [6.45, 7) is -0.0588. The molecule has 1 amide bonds. The Morgan fingerprint density at radius 2 is 1.72 bits per heavy atom. The van der Waals surface area contributed by atoms with Crippen LogP contribution in [0.15, 0.2) is 66.2 Å². The molecule has 29 heavy (non-hydrogen) atoms. The molecular weight excluding hydrogens is 400 g/mol. The quantitative estimate of drug-likeness (QED) is 0.524. The Morgan fingerprint density at radius 3 is 2.45 bits per heavy atom. The van der Waals surface area contributed by atoms with Crippen LogP contribution >= 0.6 is 0 Å². The number of carbonyl (C=O) groups excluding carboxylic acids is 1. The topological polar surface area (TPSA) is 145 Å². The van der Waals surface area contributed by atoms with Gasteiger partial charge in [-0.15, -0.1) is 0 Å². The second kappa shape index (κ2) is 9.41. The molecule has 3 aromatic heterocycles. The number of nitrogens with zero attached hydrogens (tertiary/aromatic N) is 4. The van der Waals surface area contributed by atoms with Crippen LogP contribution in [0.25, 0.3) is 0 Å². The minimum atomic E-state index is -3.89. The van der Waals surface area contributed by atoms with Crippen LogP contribution in [0.4, 0.5) is 16.4 Å². The maximum absolute atomic E-state index is 12.3. The van der Waals surface area contributed by atoms with Crippen molar-refractivity contribution in [3.8, 4) is 5.88 Å². The number of aromatic nitrogens is 4. The molecule has 0 aliphatic carbocycles. The van der Waals surface area contributed by atoms with Gasteiger partial charge in [0, 0.05) is 18.5 Å². The van der Waals surface area contributed by atoms with E-state index in [0.29, 0.717) is 5.82 Å². The molecule has 11 nitrogen and oxygen atoms in total. The number of amides is 1. The largest absolute Gasteiger partial charge is 0.474 e. The third-order valence-corrected chi connectivity index (χ3v) is 4.53. The van der Waals surface area contributed by atoms with E-state index in [9.17, 15) is 13.2 Å². The highest BCUT2D eigenvalue weighted by atomic mass is 32.2. The van der Waals surface area contributed by atoms with Crippen LogP contribution in [-0.4, -0.2) is 47.7 Å². The first-order chi connectivity index (χ1) is 14.0. The molecule has 12 heteroatoms. The van der Waals surface area contributed by atoms with Gasteiger partial charge < -0.3 is 9.47 Å². The van der Waals surface area contributed by atoms with Gasteiger partial charge in [0.1, 0.15) is 31.2 Å². The van der Waals surface area contributed by atoms with Crippen LogP contribution < -0.4 is 14.8 Å². The number of anilines is 2. The van der Waals surface area contributed by atoms with Crippen LogP contribution in [-0.2, 0) is 14.8 Å². The molecule has 0 aliphatic rings. The summed E-state index contributed by atoms with van der Waals surface area (Å²) in [4.78, 5) is 27.1. The molecule has 0 unspecified atom stereocenters. The fourth-order valence-corrected chi connectivity index (χ4v) is 2.98. The van der Waals surface area contributed by atoms with Crippen molar-refractivity contribution in [2.45, 2.75) is 5.03 Å². The molecule has 0 aromatic carbocycles. The molecule has 0 radical (unpaired) electrons. The number of ether oxygens (including phenoxy) is 2. The first kappa shape index (κ1) is 19.9. The van der Waals surface area contributed by atoms with E-state index in [1.165, 1.54) is 24.5 Å². The number of sulfonamides is 1. The number of rotatable bonds is 8. The highest BCUT2D eigenvalue weighted by Gasteiger charge is 2.16. The van der Waals surface area contributed by atoms with Crippen molar-refractivity contribution >= 4 is 27.8 Å². The summed E-state index contributed by atoms with van der Waals surface area (Å²) in [5.74, 6) is 0.473. The van der Waals surface area contributed by atoms with E-state index in [0.717, 1.165) is 6.33 Å². The summed E-state index contributed by atoms with van der Waals surface area (Å²) in [7, 11) is -3.89. The Hall–Kier alpha value is -3.80. The van der Waals surface area contributed by atoms with E-state index >= 15 is 0 Å². The van der Waals surface area contributed by atoms with Crippen molar-refractivity contribution in [3.05, 3.63) is 61.2 Å². The summed E-state index contributed by atoms with van der Waals surface area (Å²) >= 11 is 0. The molecule has 0 aliphatic heterocycles. The van der Waals surface area contributed by atoms with Crippen LogP contribution in [0.3, 0.4) is 0 Å². The van der Waals surface area contributed by atoms with Gasteiger partial charge in [0.2, 0.25) is 5.88 Å². The maximum atomic E-state index is 12.3. The van der Waals surface area contributed by atoms with Gasteiger partial charge in [-0.2, -0.15) is 8.42 Å². The monoisotopic (exact) mass is 416 g/mol. The van der Waals surface area contributed by atoms with Gasteiger partial charge in [0.05, 0.1) is 0 Å². The van der Waals surface area contributed by atoms with Crippen LogP contribution in [0.1, 0.15) is 0 Å². The normalized spacial score (nSPS) is 10.8. The molecule has 2 N–H and O–H groups in total. The van der Waals surface area contributed by atoms with Crippen LogP contribution in [0, 0.1) is 0 Å². The molecule has 0 saturated carbocycles. The smallest absolute Gasteiger partial charge is 0.412 e. The maximum Gasteiger partial charge on any atom is 0.412 e. The SMILES string of the molecule is O=C(Nc1ccccn1)OCCOc1cc(NS(=O)(=O)c2ccccn2)ncn1. The Kier molecular flexibility index (Phi) is 6.47. The summed E-state index contributed by atoms with van der Waals surface area (Å²) in [5.41, 5.74) is 0. The minimum Gasteiger partial charge on any atom is -0.474 e. The molecule has 0 atom stereocenters. The molecule has 0 fully saturated rings. The Labute approximate surface area is 166 Å². The first-order valence-electron chi connectivity index (χ1n) is 8.26. The van der Waals surface area contributed by atoms with E-state index in [-0.39, 0.29) is 29.9 Å². The van der Waals surface area contributed by atoms with Gasteiger partial charge in [0.25, 0.3) is 10.0 Å². The molecule has 0 saturated heterocycles. The minimum absolute atomic E-state index is 0.000910. The van der Waals surface area contributed by atoms with E-state index < -0.39 is 16.1 Å². The summed E-state index contributed by atoms with van der Waals surface area (Å²) in [5, 5.41) is 2.31. The lowest BCUT2D eigenvalue weighted by atomic mass is 10.5. The third-order valence-electron chi connectivity index (χ3n) is 3.26. The number of nitrogens with one attached hydrogen (secondary N) is 2. The lowest BCUT2D eigenvalue weighted by molar-refractivity contribution is 0.136. The molecule has 150 valence electrons. The van der Waals surface area contributed by atoms with Gasteiger partial charge in [-0.05, 0) is 24.3 Å². The van der Waals surface area contributed by atoms with E-state index in [2.05, 4.69) is 30.0 Å². The highest BCUT2D eigenvalue weighted by Crippen LogP contribution is 2.15. The zero-order chi connectivity index (χ0) is 20.5. The molecule has 3 aromatic rings. The molecule has 0 spiro atoms. The fraction of sp³-hybridized carbons (Fsp3) is 0.118. The van der Waals surface area contributed by atoms with Gasteiger partial charge in [-0.1, -0.05) is 12.1 Å². The fourth-order valence-electron chi connectivity index (χ4n) is 2.03. The molecule has 0 bridgehead atoms. The van der Waals surface area contributed by atoms with Crippen LogP contribution in [0.2, 0.25) is 0 Å².